The van der Waals surface area contributed by atoms with Gasteiger partial charge in [-0.25, -0.2) is 4.79 Å². The fraction of sp³-hybridized carbons (Fsp3) is 0.300. The van der Waals surface area contributed by atoms with Crippen molar-refractivity contribution in [1.29, 1.82) is 0 Å². The number of fused-ring (bicyclic) bond motifs is 1. The van der Waals surface area contributed by atoms with Gasteiger partial charge >= 0.3 is 6.09 Å². The van der Waals surface area contributed by atoms with E-state index in [1.54, 1.807) is 19.2 Å². The number of carboxylic acid groups (broad SMARTS) is 1. The van der Waals surface area contributed by atoms with E-state index in [-0.39, 0.29) is 17.9 Å². The zero-order valence-electron chi connectivity index (χ0n) is 15.0. The molecule has 0 bridgehead atoms. The lowest BCUT2D eigenvalue weighted by molar-refractivity contribution is 0.0955. The van der Waals surface area contributed by atoms with Crippen LogP contribution in [0.4, 0.5) is 4.79 Å². The molecule has 5 nitrogen and oxygen atoms in total. The van der Waals surface area contributed by atoms with Gasteiger partial charge in [0.05, 0.1) is 16.1 Å². The number of nitrogens with zero attached hydrogens (tertiary/aromatic N) is 1. The molecular weight excluding hydrogens is 387 g/mol. The van der Waals surface area contributed by atoms with E-state index in [2.05, 4.69) is 5.32 Å². The monoisotopic (exact) mass is 406 g/mol. The third-order valence-corrected chi connectivity index (χ3v) is 5.90. The standard InChI is InChI=1S/C20H20Cl2N2O3/c1-23-19(25)14-5-3-4-13-12(11-6-8-15(21)16(22)10-11)7-9-17(18(13)14)24(2)20(26)27/h3-6,8,10,12,17H,7,9H2,1-2H3,(H,23,25)(H,26,27)/t12-,17-/m0/s1. The molecule has 0 fully saturated rings. The molecule has 1 aliphatic carbocycles. The third-order valence-electron chi connectivity index (χ3n) is 5.16. The lowest BCUT2D eigenvalue weighted by atomic mass is 9.74. The van der Waals surface area contributed by atoms with Gasteiger partial charge in [-0.3, -0.25) is 4.79 Å². The summed E-state index contributed by atoms with van der Waals surface area (Å²) in [6.07, 6.45) is 0.324. The quantitative estimate of drug-likeness (QED) is 0.758. The van der Waals surface area contributed by atoms with Gasteiger partial charge in [-0.1, -0.05) is 41.4 Å². The number of hydrogen-bond acceptors (Lipinski definition) is 2. The number of benzene rings is 2. The molecule has 0 unspecified atom stereocenters. The van der Waals surface area contributed by atoms with E-state index in [0.29, 0.717) is 22.0 Å². The highest BCUT2D eigenvalue weighted by atomic mass is 35.5. The van der Waals surface area contributed by atoms with Gasteiger partial charge in [-0.05, 0) is 47.7 Å². The molecule has 3 rings (SSSR count). The lowest BCUT2D eigenvalue weighted by Crippen LogP contribution is -2.35. The second-order valence-corrected chi connectivity index (χ2v) is 7.41. The normalized spacial score (nSPS) is 18.5. The van der Waals surface area contributed by atoms with Crippen LogP contribution < -0.4 is 5.32 Å². The maximum atomic E-state index is 12.4. The molecule has 142 valence electrons. The summed E-state index contributed by atoms with van der Waals surface area (Å²) in [6.45, 7) is 0. The summed E-state index contributed by atoms with van der Waals surface area (Å²) in [5, 5.41) is 13.1. The molecule has 0 spiro atoms. The van der Waals surface area contributed by atoms with Crippen LogP contribution in [-0.4, -0.2) is 36.1 Å². The summed E-state index contributed by atoms with van der Waals surface area (Å²) in [4.78, 5) is 25.3. The Kier molecular flexibility index (Phi) is 5.63. The van der Waals surface area contributed by atoms with E-state index in [1.165, 1.54) is 11.9 Å². The van der Waals surface area contributed by atoms with Crippen LogP contribution in [0.1, 0.15) is 51.8 Å². The molecule has 0 aromatic heterocycles. The van der Waals surface area contributed by atoms with E-state index in [1.807, 2.05) is 24.3 Å². The van der Waals surface area contributed by atoms with Gasteiger partial charge in [0.15, 0.2) is 0 Å². The van der Waals surface area contributed by atoms with Crippen molar-refractivity contribution in [2.45, 2.75) is 24.8 Å². The Balaban J connectivity index is 2.17. The van der Waals surface area contributed by atoms with Crippen LogP contribution in [0.5, 0.6) is 0 Å². The molecular formula is C20H20Cl2N2O3. The van der Waals surface area contributed by atoms with Crippen LogP contribution in [0.3, 0.4) is 0 Å². The average molecular weight is 407 g/mol. The molecule has 2 aromatic carbocycles. The first-order chi connectivity index (χ1) is 12.8. The zero-order valence-corrected chi connectivity index (χ0v) is 16.5. The number of nitrogens with one attached hydrogen (secondary N) is 1. The maximum Gasteiger partial charge on any atom is 0.407 e. The molecule has 0 aliphatic heterocycles. The first-order valence-corrected chi connectivity index (χ1v) is 9.36. The maximum absolute atomic E-state index is 12.4. The lowest BCUT2D eigenvalue weighted by Gasteiger charge is -2.37. The molecule has 2 amide bonds. The average Bonchev–Trinajstić information content (AvgIpc) is 2.67. The number of halogens is 2. The summed E-state index contributed by atoms with van der Waals surface area (Å²) < 4.78 is 0. The van der Waals surface area contributed by atoms with Crippen molar-refractivity contribution in [3.63, 3.8) is 0 Å². The smallest absolute Gasteiger partial charge is 0.407 e. The minimum Gasteiger partial charge on any atom is -0.465 e. The van der Waals surface area contributed by atoms with Gasteiger partial charge < -0.3 is 15.3 Å². The first kappa shape index (κ1) is 19.5. The van der Waals surface area contributed by atoms with E-state index in [9.17, 15) is 14.7 Å². The zero-order chi connectivity index (χ0) is 19.7. The summed E-state index contributed by atoms with van der Waals surface area (Å²) in [7, 11) is 3.10. The van der Waals surface area contributed by atoms with Crippen LogP contribution in [-0.2, 0) is 0 Å². The largest absolute Gasteiger partial charge is 0.465 e. The van der Waals surface area contributed by atoms with Gasteiger partial charge in [0.2, 0.25) is 0 Å². The minimum absolute atomic E-state index is 0.0119. The predicted octanol–water partition coefficient (Wildman–Crippen LogP) is 4.93. The third kappa shape index (κ3) is 3.62. The van der Waals surface area contributed by atoms with Crippen molar-refractivity contribution in [2.24, 2.45) is 0 Å². The Bertz CT molecular complexity index is 901. The summed E-state index contributed by atoms with van der Waals surface area (Å²) in [6, 6.07) is 10.7. The van der Waals surface area contributed by atoms with Crippen LogP contribution in [0.2, 0.25) is 10.0 Å². The fourth-order valence-electron chi connectivity index (χ4n) is 3.81. The molecule has 2 atom stereocenters. The van der Waals surface area contributed by atoms with Gasteiger partial charge in [0.25, 0.3) is 5.91 Å². The Hall–Kier alpha value is -2.24. The van der Waals surface area contributed by atoms with Crippen molar-refractivity contribution in [2.75, 3.05) is 14.1 Å². The van der Waals surface area contributed by atoms with E-state index >= 15 is 0 Å². The summed E-state index contributed by atoms with van der Waals surface area (Å²) in [5.41, 5.74) is 3.19. The van der Waals surface area contributed by atoms with Gasteiger partial charge in [-0.2, -0.15) is 0 Å². The van der Waals surface area contributed by atoms with Gasteiger partial charge in [0, 0.05) is 25.6 Å². The predicted molar refractivity (Wildman–Crippen MR) is 106 cm³/mol. The Labute approximate surface area is 167 Å². The number of hydrogen-bond donors (Lipinski definition) is 2. The molecule has 0 heterocycles. The van der Waals surface area contributed by atoms with Crippen LogP contribution in [0.15, 0.2) is 36.4 Å². The SMILES string of the molecule is CNC(=O)c1cccc2c1[C@@H](N(C)C(=O)O)CC[C@H]2c1ccc(Cl)c(Cl)c1. The van der Waals surface area contributed by atoms with Gasteiger partial charge in [-0.15, -0.1) is 0 Å². The number of amides is 2. The Morgan fingerprint density at radius 3 is 2.52 bits per heavy atom. The topological polar surface area (TPSA) is 69.6 Å². The van der Waals surface area contributed by atoms with E-state index in [0.717, 1.165) is 23.1 Å². The highest BCUT2D eigenvalue weighted by Gasteiger charge is 2.35. The van der Waals surface area contributed by atoms with Crippen molar-refractivity contribution in [1.82, 2.24) is 10.2 Å². The second kappa shape index (κ2) is 7.79. The van der Waals surface area contributed by atoms with Crippen LogP contribution >= 0.6 is 23.2 Å². The minimum atomic E-state index is -1.02. The van der Waals surface area contributed by atoms with Crippen LogP contribution in [0.25, 0.3) is 0 Å². The number of rotatable bonds is 3. The number of carbonyl (C=O) groups excluding carboxylic acids is 1. The molecule has 2 N–H and O–H groups in total. The second-order valence-electron chi connectivity index (χ2n) is 6.60. The highest BCUT2D eigenvalue weighted by Crippen LogP contribution is 2.45. The van der Waals surface area contributed by atoms with Crippen molar-refractivity contribution in [3.8, 4) is 0 Å². The summed E-state index contributed by atoms with van der Waals surface area (Å²) in [5.74, 6) is -0.219. The first-order valence-electron chi connectivity index (χ1n) is 8.60. The molecule has 2 aromatic rings. The van der Waals surface area contributed by atoms with Crippen molar-refractivity contribution >= 4 is 35.2 Å². The summed E-state index contributed by atoms with van der Waals surface area (Å²) >= 11 is 12.3. The van der Waals surface area contributed by atoms with E-state index < -0.39 is 6.09 Å². The molecule has 27 heavy (non-hydrogen) atoms. The highest BCUT2D eigenvalue weighted by molar-refractivity contribution is 6.42. The Morgan fingerprint density at radius 1 is 1.15 bits per heavy atom. The molecule has 7 heteroatoms. The van der Waals surface area contributed by atoms with Crippen molar-refractivity contribution in [3.05, 3.63) is 68.7 Å². The van der Waals surface area contributed by atoms with Crippen molar-refractivity contribution < 1.29 is 14.7 Å². The molecule has 0 saturated heterocycles. The molecule has 0 saturated carbocycles. The van der Waals surface area contributed by atoms with E-state index in [4.69, 9.17) is 23.2 Å². The molecule has 0 radical (unpaired) electrons. The van der Waals surface area contributed by atoms with Gasteiger partial charge in [0.1, 0.15) is 0 Å². The fourth-order valence-corrected chi connectivity index (χ4v) is 4.12. The Morgan fingerprint density at radius 2 is 1.89 bits per heavy atom. The molecule has 1 aliphatic rings. The van der Waals surface area contributed by atoms with Crippen LogP contribution in [0, 0.1) is 0 Å². The number of carbonyl (C=O) groups is 2.